The molecule has 21 heavy (non-hydrogen) atoms. The van der Waals surface area contributed by atoms with Crippen LogP contribution in [0.2, 0.25) is 0 Å². The minimum atomic E-state index is -0.126. The Morgan fingerprint density at radius 2 is 2.24 bits per heavy atom. The molecule has 2 aliphatic rings. The quantitative estimate of drug-likeness (QED) is 0.650. The predicted octanol–water partition coefficient (Wildman–Crippen LogP) is 3.03. The molecule has 1 aliphatic carbocycles. The third kappa shape index (κ3) is 1.74. The van der Waals surface area contributed by atoms with Crippen molar-refractivity contribution >= 4 is 22.4 Å². The zero-order valence-corrected chi connectivity index (χ0v) is 12.1. The fourth-order valence-corrected chi connectivity index (χ4v) is 4.21. The molecule has 1 amide bonds. The number of hydrogen-bond acceptors (Lipinski definition) is 4. The molecular weight excluding hydrogens is 284 g/mol. The van der Waals surface area contributed by atoms with Gasteiger partial charge in [0.15, 0.2) is 5.13 Å². The maximum Gasteiger partial charge on any atom is 0.260 e. The Kier molecular flexibility index (Phi) is 2.82. The van der Waals surface area contributed by atoms with Crippen LogP contribution in [0.3, 0.4) is 0 Å². The number of fused-ring (bicyclic) bond motifs is 3. The lowest BCUT2D eigenvalue weighted by Crippen LogP contribution is -2.37. The molecule has 2 atom stereocenters. The fraction of sp³-hybridized carbons (Fsp3) is 0.250. The van der Waals surface area contributed by atoms with Crippen LogP contribution in [0.5, 0.6) is 0 Å². The molecule has 4 nitrogen and oxygen atoms in total. The van der Waals surface area contributed by atoms with Gasteiger partial charge in [0, 0.05) is 17.5 Å². The van der Waals surface area contributed by atoms with Crippen LogP contribution < -0.4 is 4.90 Å². The number of aliphatic hydroxyl groups excluding tert-OH is 1. The zero-order valence-electron chi connectivity index (χ0n) is 11.3. The highest BCUT2D eigenvalue weighted by Crippen LogP contribution is 2.46. The highest BCUT2D eigenvalue weighted by atomic mass is 32.1. The summed E-state index contributed by atoms with van der Waals surface area (Å²) in [6.07, 6.45) is 4.53. The maximum absolute atomic E-state index is 12.7. The van der Waals surface area contributed by atoms with E-state index in [0.29, 0.717) is 10.7 Å². The number of aromatic nitrogens is 1. The molecule has 0 spiro atoms. The van der Waals surface area contributed by atoms with Crippen molar-refractivity contribution in [1.29, 1.82) is 0 Å². The number of amides is 1. The lowest BCUT2D eigenvalue weighted by Gasteiger charge is -2.31. The molecule has 1 aromatic heterocycles. The Balaban J connectivity index is 1.86. The Morgan fingerprint density at radius 1 is 1.38 bits per heavy atom. The van der Waals surface area contributed by atoms with E-state index >= 15 is 0 Å². The number of nitrogens with zero attached hydrogens (tertiary/aromatic N) is 2. The largest absolute Gasteiger partial charge is 0.515 e. The highest BCUT2D eigenvalue weighted by Gasteiger charge is 2.48. The number of rotatable bonds is 1. The Hall–Kier alpha value is -2.14. The van der Waals surface area contributed by atoms with Gasteiger partial charge in [0.1, 0.15) is 0 Å². The standard InChI is InChI=1S/C16H14N2O2S/c19-9-12-14-11-4-2-1-3-10(11)5-6-13(14)18(15(12)20)16-17-7-8-21-16/h1-4,7-9,13-14,19H,5-6H2/b12-9+. The topological polar surface area (TPSA) is 53.4 Å². The first-order valence-electron chi connectivity index (χ1n) is 6.96. The van der Waals surface area contributed by atoms with Crippen LogP contribution in [0, 0.1) is 0 Å². The van der Waals surface area contributed by atoms with Gasteiger partial charge in [-0.25, -0.2) is 4.98 Å². The molecule has 106 valence electrons. The summed E-state index contributed by atoms with van der Waals surface area (Å²) in [6.45, 7) is 0. The van der Waals surface area contributed by atoms with Gasteiger partial charge in [0.25, 0.3) is 5.91 Å². The van der Waals surface area contributed by atoms with Crippen molar-refractivity contribution in [3.05, 3.63) is 58.8 Å². The SMILES string of the molecule is O=C1/C(=C/O)C2c3ccccc3CCC2N1c1nccs1. The number of carbonyl (C=O) groups excluding carboxylic acids is 1. The van der Waals surface area contributed by atoms with Crippen molar-refractivity contribution in [3.8, 4) is 0 Å². The summed E-state index contributed by atoms with van der Waals surface area (Å²) in [6, 6.07) is 8.24. The van der Waals surface area contributed by atoms with Gasteiger partial charge < -0.3 is 5.11 Å². The lowest BCUT2D eigenvalue weighted by molar-refractivity contribution is -0.114. The monoisotopic (exact) mass is 298 g/mol. The first-order chi connectivity index (χ1) is 10.3. The molecule has 0 radical (unpaired) electrons. The van der Waals surface area contributed by atoms with Gasteiger partial charge in [0.05, 0.1) is 17.9 Å². The van der Waals surface area contributed by atoms with Crippen LogP contribution in [0.25, 0.3) is 0 Å². The van der Waals surface area contributed by atoms with E-state index < -0.39 is 0 Å². The number of hydrogen-bond donors (Lipinski definition) is 1. The maximum atomic E-state index is 12.7. The fourth-order valence-electron chi connectivity index (χ4n) is 3.52. The number of anilines is 1. The van der Waals surface area contributed by atoms with Crippen LogP contribution in [0.15, 0.2) is 47.7 Å². The molecule has 2 aromatic rings. The molecule has 2 heterocycles. The van der Waals surface area contributed by atoms with Crippen molar-refractivity contribution in [2.24, 2.45) is 0 Å². The van der Waals surface area contributed by atoms with Gasteiger partial charge in [-0.15, -0.1) is 11.3 Å². The van der Waals surface area contributed by atoms with Crippen molar-refractivity contribution in [1.82, 2.24) is 4.98 Å². The number of aryl methyl sites for hydroxylation is 1. The van der Waals surface area contributed by atoms with Gasteiger partial charge in [0.2, 0.25) is 0 Å². The second-order valence-electron chi connectivity index (χ2n) is 5.36. The van der Waals surface area contributed by atoms with Gasteiger partial charge in [-0.05, 0) is 24.0 Å². The molecule has 4 rings (SSSR count). The molecule has 1 aliphatic heterocycles. The molecule has 2 unspecified atom stereocenters. The Morgan fingerprint density at radius 3 is 3.00 bits per heavy atom. The summed E-state index contributed by atoms with van der Waals surface area (Å²) < 4.78 is 0. The van der Waals surface area contributed by atoms with E-state index in [1.54, 1.807) is 11.1 Å². The molecule has 1 fully saturated rings. The normalized spacial score (nSPS) is 26.0. The molecule has 5 heteroatoms. The average molecular weight is 298 g/mol. The van der Waals surface area contributed by atoms with Gasteiger partial charge in [-0.1, -0.05) is 24.3 Å². The van der Waals surface area contributed by atoms with E-state index in [1.165, 1.54) is 16.9 Å². The van der Waals surface area contributed by atoms with Crippen molar-refractivity contribution < 1.29 is 9.90 Å². The lowest BCUT2D eigenvalue weighted by atomic mass is 9.78. The van der Waals surface area contributed by atoms with Gasteiger partial charge >= 0.3 is 0 Å². The summed E-state index contributed by atoms with van der Waals surface area (Å²) in [7, 11) is 0. The molecule has 1 N–H and O–H groups in total. The third-order valence-electron chi connectivity index (χ3n) is 4.38. The number of carbonyl (C=O) groups is 1. The summed E-state index contributed by atoms with van der Waals surface area (Å²) in [4.78, 5) is 18.7. The van der Waals surface area contributed by atoms with Crippen LogP contribution in [0.4, 0.5) is 5.13 Å². The van der Waals surface area contributed by atoms with E-state index in [0.717, 1.165) is 24.7 Å². The highest BCUT2D eigenvalue weighted by molar-refractivity contribution is 7.13. The first-order valence-corrected chi connectivity index (χ1v) is 7.84. The van der Waals surface area contributed by atoms with E-state index in [2.05, 4.69) is 17.1 Å². The van der Waals surface area contributed by atoms with Crippen molar-refractivity contribution in [2.75, 3.05) is 4.90 Å². The molecule has 0 bridgehead atoms. The van der Waals surface area contributed by atoms with Crippen molar-refractivity contribution in [3.63, 3.8) is 0 Å². The van der Waals surface area contributed by atoms with E-state index in [4.69, 9.17) is 0 Å². The van der Waals surface area contributed by atoms with E-state index in [9.17, 15) is 9.90 Å². The minimum absolute atomic E-state index is 0.0527. The zero-order chi connectivity index (χ0) is 14.4. The summed E-state index contributed by atoms with van der Waals surface area (Å²) in [5, 5.41) is 12.2. The summed E-state index contributed by atoms with van der Waals surface area (Å²) in [5.41, 5.74) is 2.90. The summed E-state index contributed by atoms with van der Waals surface area (Å²) in [5.74, 6) is -0.185. The third-order valence-corrected chi connectivity index (χ3v) is 5.15. The van der Waals surface area contributed by atoms with Gasteiger partial charge in [-0.3, -0.25) is 9.69 Å². The predicted molar refractivity (Wildman–Crippen MR) is 81.6 cm³/mol. The number of aliphatic hydroxyl groups is 1. The molecule has 0 saturated carbocycles. The van der Waals surface area contributed by atoms with E-state index in [-0.39, 0.29) is 17.9 Å². The smallest absolute Gasteiger partial charge is 0.260 e. The van der Waals surface area contributed by atoms with Crippen molar-refractivity contribution in [2.45, 2.75) is 24.8 Å². The molecular formula is C16H14N2O2S. The number of thiazole rings is 1. The van der Waals surface area contributed by atoms with Crippen LogP contribution in [0.1, 0.15) is 23.5 Å². The number of benzene rings is 1. The molecule has 1 aromatic carbocycles. The Bertz CT molecular complexity index is 724. The second kappa shape index (κ2) is 4.70. The minimum Gasteiger partial charge on any atom is -0.515 e. The first kappa shape index (κ1) is 12.6. The van der Waals surface area contributed by atoms with Crippen LogP contribution in [-0.2, 0) is 11.2 Å². The summed E-state index contributed by atoms with van der Waals surface area (Å²) >= 11 is 1.46. The average Bonchev–Trinajstić information content (AvgIpc) is 3.12. The van der Waals surface area contributed by atoms with Crippen LogP contribution in [-0.4, -0.2) is 22.0 Å². The Labute approximate surface area is 126 Å². The molecule has 1 saturated heterocycles. The second-order valence-corrected chi connectivity index (χ2v) is 6.23. The van der Waals surface area contributed by atoms with Crippen LogP contribution >= 0.6 is 11.3 Å². The van der Waals surface area contributed by atoms with Gasteiger partial charge in [-0.2, -0.15) is 0 Å². The van der Waals surface area contributed by atoms with E-state index in [1.807, 2.05) is 17.5 Å².